The summed E-state index contributed by atoms with van der Waals surface area (Å²) < 4.78 is 11.1. The predicted octanol–water partition coefficient (Wildman–Crippen LogP) is 2.24. The average molecular weight is 389 g/mol. The summed E-state index contributed by atoms with van der Waals surface area (Å²) in [5.41, 5.74) is -0.787. The van der Waals surface area contributed by atoms with E-state index in [9.17, 15) is 14.7 Å². The topological polar surface area (TPSA) is 96.3 Å². The lowest BCUT2D eigenvalue weighted by Crippen LogP contribution is -2.50. The lowest BCUT2D eigenvalue weighted by Gasteiger charge is -2.35. The summed E-state index contributed by atoms with van der Waals surface area (Å²) in [5, 5.41) is 19.1. The molecule has 0 unspecified atom stereocenters. The third-order valence-electron chi connectivity index (χ3n) is 4.92. The van der Waals surface area contributed by atoms with Crippen LogP contribution < -0.4 is 9.47 Å². The van der Waals surface area contributed by atoms with E-state index in [0.717, 1.165) is 16.2 Å². The van der Waals surface area contributed by atoms with Crippen molar-refractivity contribution in [2.45, 2.75) is 18.4 Å². The highest BCUT2D eigenvalue weighted by atomic mass is 32.1. The molecule has 1 aromatic carbocycles. The lowest BCUT2D eigenvalue weighted by molar-refractivity contribution is -0.162. The highest BCUT2D eigenvalue weighted by molar-refractivity contribution is 7.17. The molecule has 7 nitrogen and oxygen atoms in total. The minimum atomic E-state index is -1.73. The Labute approximate surface area is 159 Å². The van der Waals surface area contributed by atoms with Gasteiger partial charge in [-0.25, -0.2) is 4.79 Å². The van der Waals surface area contributed by atoms with Crippen LogP contribution >= 0.6 is 11.3 Å². The molecule has 1 amide bonds. The minimum Gasteiger partial charge on any atom is -0.486 e. The Kier molecular flexibility index (Phi) is 4.53. The molecule has 0 spiro atoms. The number of fused-ring (bicyclic) bond motifs is 1. The number of carboxylic acids is 1. The summed E-state index contributed by atoms with van der Waals surface area (Å²) in [5.74, 6) is 0.0453. The van der Waals surface area contributed by atoms with Crippen molar-refractivity contribution in [1.29, 1.82) is 0 Å². The summed E-state index contributed by atoms with van der Waals surface area (Å²) in [6.07, 6.45) is 0.0724. The maximum Gasteiger partial charge on any atom is 0.335 e. The molecule has 1 aromatic heterocycles. The molecule has 2 aliphatic heterocycles. The van der Waals surface area contributed by atoms with E-state index in [1.807, 2.05) is 24.3 Å². The van der Waals surface area contributed by atoms with Crippen LogP contribution in [0.15, 0.2) is 30.3 Å². The molecular formula is C19H19NO6S. The Bertz CT molecular complexity index is 884. The molecule has 4 rings (SSSR count). The quantitative estimate of drug-likeness (QED) is 0.836. The fourth-order valence-corrected chi connectivity index (χ4v) is 4.22. The van der Waals surface area contributed by atoms with E-state index in [0.29, 0.717) is 23.8 Å². The number of carbonyl (C=O) groups excluding carboxylic acids is 1. The van der Waals surface area contributed by atoms with Crippen LogP contribution in [0.5, 0.6) is 11.5 Å². The van der Waals surface area contributed by atoms with Gasteiger partial charge >= 0.3 is 5.97 Å². The number of amides is 1. The van der Waals surface area contributed by atoms with Gasteiger partial charge in [-0.05, 0) is 35.9 Å². The zero-order valence-corrected chi connectivity index (χ0v) is 15.3. The van der Waals surface area contributed by atoms with Crippen LogP contribution in [-0.2, 0) is 4.79 Å². The normalized spacial score (nSPS) is 18.2. The zero-order chi connectivity index (χ0) is 19.0. The Morgan fingerprint density at radius 2 is 1.74 bits per heavy atom. The van der Waals surface area contributed by atoms with Gasteiger partial charge in [0, 0.05) is 30.8 Å². The Balaban J connectivity index is 1.48. The summed E-state index contributed by atoms with van der Waals surface area (Å²) >= 11 is 1.38. The summed E-state index contributed by atoms with van der Waals surface area (Å²) in [4.78, 5) is 27.0. The van der Waals surface area contributed by atoms with E-state index >= 15 is 0 Å². The SMILES string of the molecule is O=C(c1ccc(-c2ccc3c(c2)OCCO3)s1)N1CCC(O)(C(=O)O)CC1. The van der Waals surface area contributed by atoms with Crippen molar-refractivity contribution in [3.63, 3.8) is 0 Å². The van der Waals surface area contributed by atoms with Gasteiger partial charge in [-0.15, -0.1) is 11.3 Å². The molecule has 1 saturated heterocycles. The number of carbonyl (C=O) groups is 2. The standard InChI is InChI=1S/C19H19NO6S/c21-17(20-7-5-19(24,6-8-20)18(22)23)16-4-3-15(27-16)12-1-2-13-14(11-12)26-10-9-25-13/h1-4,11,24H,5-10H2,(H,22,23). The number of ether oxygens (including phenoxy) is 2. The van der Waals surface area contributed by atoms with Crippen molar-refractivity contribution < 1.29 is 29.3 Å². The number of aliphatic hydroxyl groups is 1. The number of nitrogens with zero attached hydrogens (tertiary/aromatic N) is 1. The van der Waals surface area contributed by atoms with Crippen molar-refractivity contribution in [3.8, 4) is 21.9 Å². The zero-order valence-electron chi connectivity index (χ0n) is 14.5. The number of hydrogen-bond acceptors (Lipinski definition) is 6. The molecule has 2 aliphatic rings. The smallest absolute Gasteiger partial charge is 0.335 e. The van der Waals surface area contributed by atoms with E-state index in [4.69, 9.17) is 14.6 Å². The number of rotatable bonds is 3. The predicted molar refractivity (Wildman–Crippen MR) is 98.5 cm³/mol. The number of hydrogen-bond donors (Lipinski definition) is 2. The highest BCUT2D eigenvalue weighted by Crippen LogP contribution is 2.37. The van der Waals surface area contributed by atoms with Gasteiger partial charge < -0.3 is 24.6 Å². The van der Waals surface area contributed by atoms with Crippen LogP contribution in [-0.4, -0.2) is 58.9 Å². The van der Waals surface area contributed by atoms with E-state index < -0.39 is 11.6 Å². The number of carboxylic acid groups (broad SMARTS) is 1. The first kappa shape index (κ1) is 17.8. The molecule has 8 heteroatoms. The van der Waals surface area contributed by atoms with Crippen molar-refractivity contribution in [2.75, 3.05) is 26.3 Å². The molecule has 142 valence electrons. The van der Waals surface area contributed by atoms with Gasteiger partial charge in [0.15, 0.2) is 17.1 Å². The van der Waals surface area contributed by atoms with Crippen molar-refractivity contribution in [2.24, 2.45) is 0 Å². The van der Waals surface area contributed by atoms with Gasteiger partial charge in [-0.1, -0.05) is 0 Å². The van der Waals surface area contributed by atoms with Crippen molar-refractivity contribution in [1.82, 2.24) is 4.90 Å². The Hall–Kier alpha value is -2.58. The largest absolute Gasteiger partial charge is 0.486 e. The first-order valence-corrected chi connectivity index (χ1v) is 9.53. The van der Waals surface area contributed by atoms with Gasteiger partial charge in [-0.2, -0.15) is 0 Å². The number of thiophene rings is 1. The Morgan fingerprint density at radius 1 is 1.04 bits per heavy atom. The van der Waals surface area contributed by atoms with Gasteiger partial charge in [0.25, 0.3) is 5.91 Å². The molecule has 1 fully saturated rings. The van der Waals surface area contributed by atoms with E-state index in [1.54, 1.807) is 11.0 Å². The maximum atomic E-state index is 12.7. The number of piperidine rings is 1. The van der Waals surface area contributed by atoms with Crippen LogP contribution in [0, 0.1) is 0 Å². The summed E-state index contributed by atoms with van der Waals surface area (Å²) in [6, 6.07) is 9.37. The van der Waals surface area contributed by atoms with Crippen LogP contribution in [0.25, 0.3) is 10.4 Å². The second-order valence-electron chi connectivity index (χ2n) is 6.65. The molecule has 0 atom stereocenters. The number of likely N-dealkylation sites (tertiary alicyclic amines) is 1. The molecule has 0 aliphatic carbocycles. The lowest BCUT2D eigenvalue weighted by atomic mass is 9.91. The first-order chi connectivity index (χ1) is 13.0. The van der Waals surface area contributed by atoms with Crippen molar-refractivity contribution in [3.05, 3.63) is 35.2 Å². The second kappa shape index (κ2) is 6.86. The molecule has 0 saturated carbocycles. The molecule has 0 radical (unpaired) electrons. The van der Waals surface area contributed by atoms with Gasteiger partial charge in [-0.3, -0.25) is 4.79 Å². The van der Waals surface area contributed by atoms with Gasteiger partial charge in [0.05, 0.1) is 4.88 Å². The molecule has 3 heterocycles. The summed E-state index contributed by atoms with van der Waals surface area (Å²) in [6.45, 7) is 1.50. The maximum absolute atomic E-state index is 12.7. The van der Waals surface area contributed by atoms with E-state index in [-0.39, 0.29) is 31.8 Å². The summed E-state index contributed by atoms with van der Waals surface area (Å²) in [7, 11) is 0. The minimum absolute atomic E-state index is 0.0362. The monoisotopic (exact) mass is 389 g/mol. The molecular weight excluding hydrogens is 370 g/mol. The average Bonchev–Trinajstić information content (AvgIpc) is 3.18. The van der Waals surface area contributed by atoms with Gasteiger partial charge in [0.2, 0.25) is 0 Å². The van der Waals surface area contributed by atoms with Crippen molar-refractivity contribution >= 4 is 23.2 Å². The number of benzene rings is 1. The molecule has 0 bridgehead atoms. The van der Waals surface area contributed by atoms with E-state index in [2.05, 4.69) is 0 Å². The second-order valence-corrected chi connectivity index (χ2v) is 7.74. The highest BCUT2D eigenvalue weighted by Gasteiger charge is 2.40. The molecule has 2 N–H and O–H groups in total. The Morgan fingerprint density at radius 3 is 2.44 bits per heavy atom. The fourth-order valence-electron chi connectivity index (χ4n) is 3.25. The van der Waals surface area contributed by atoms with E-state index in [1.165, 1.54) is 11.3 Å². The number of aliphatic carboxylic acids is 1. The molecule has 2 aromatic rings. The van der Waals surface area contributed by atoms with Crippen LogP contribution in [0.2, 0.25) is 0 Å². The van der Waals surface area contributed by atoms with Crippen LogP contribution in [0.4, 0.5) is 0 Å². The third kappa shape index (κ3) is 3.38. The molecule has 27 heavy (non-hydrogen) atoms. The van der Waals surface area contributed by atoms with Crippen LogP contribution in [0.1, 0.15) is 22.5 Å². The third-order valence-corrected chi connectivity index (χ3v) is 6.04. The van der Waals surface area contributed by atoms with Crippen LogP contribution in [0.3, 0.4) is 0 Å². The fraction of sp³-hybridized carbons (Fsp3) is 0.368. The van der Waals surface area contributed by atoms with Gasteiger partial charge in [0.1, 0.15) is 13.2 Å². The first-order valence-electron chi connectivity index (χ1n) is 8.71.